The topological polar surface area (TPSA) is 81.5 Å². The van der Waals surface area contributed by atoms with Gasteiger partial charge in [-0.1, -0.05) is 36.4 Å². The Balaban J connectivity index is 2.24. The molecule has 0 fully saturated rings. The van der Waals surface area contributed by atoms with Crippen molar-refractivity contribution in [3.8, 4) is 11.1 Å². The van der Waals surface area contributed by atoms with Gasteiger partial charge in [-0.3, -0.25) is 4.79 Å². The summed E-state index contributed by atoms with van der Waals surface area (Å²) in [6.07, 6.45) is 0. The van der Waals surface area contributed by atoms with Crippen molar-refractivity contribution in [3.63, 3.8) is 0 Å². The predicted molar refractivity (Wildman–Crippen MR) is 94.2 cm³/mol. The Morgan fingerprint density at radius 2 is 1.71 bits per heavy atom. The molecule has 5 heteroatoms. The number of benzene rings is 3. The fourth-order valence-electron chi connectivity index (χ4n) is 2.72. The Bertz CT molecular complexity index is 976. The number of halogens is 1. The zero-order chi connectivity index (χ0) is 17.3. The molecule has 0 aliphatic rings. The zero-order valence-corrected chi connectivity index (χ0v) is 13.1. The number of nitrogens with two attached hydrogens (primary N) is 2. The molecule has 0 bridgehead atoms. The first-order valence-electron chi connectivity index (χ1n) is 7.39. The Kier molecular flexibility index (Phi) is 4.00. The predicted octanol–water partition coefficient (Wildman–Crippen LogP) is 3.37. The lowest BCUT2D eigenvalue weighted by Gasteiger charge is -2.11. The van der Waals surface area contributed by atoms with Crippen molar-refractivity contribution in [2.24, 2.45) is 16.5 Å². The van der Waals surface area contributed by atoms with Gasteiger partial charge in [-0.2, -0.15) is 4.99 Å². The number of fused-ring (bicyclic) bond motifs is 1. The van der Waals surface area contributed by atoms with Crippen molar-refractivity contribution in [1.82, 2.24) is 0 Å². The van der Waals surface area contributed by atoms with Crippen molar-refractivity contribution in [1.29, 1.82) is 0 Å². The summed E-state index contributed by atoms with van der Waals surface area (Å²) in [6.45, 7) is 1.73. The van der Waals surface area contributed by atoms with E-state index < -0.39 is 5.91 Å². The molecular weight excluding hydrogens is 305 g/mol. The lowest BCUT2D eigenvalue weighted by molar-refractivity contribution is 0.100. The van der Waals surface area contributed by atoms with Crippen molar-refractivity contribution in [2.45, 2.75) is 6.92 Å². The van der Waals surface area contributed by atoms with Crippen LogP contribution in [0.1, 0.15) is 15.9 Å². The molecule has 0 spiro atoms. The van der Waals surface area contributed by atoms with Gasteiger partial charge in [0.05, 0.1) is 0 Å². The van der Waals surface area contributed by atoms with E-state index in [0.717, 1.165) is 21.9 Å². The van der Waals surface area contributed by atoms with Crippen LogP contribution in [0.2, 0.25) is 0 Å². The summed E-state index contributed by atoms with van der Waals surface area (Å²) in [7, 11) is 0. The van der Waals surface area contributed by atoms with Gasteiger partial charge in [0.25, 0.3) is 5.91 Å². The Hall–Kier alpha value is -3.21. The maximum Gasteiger partial charge on any atom is 0.280 e. The summed E-state index contributed by atoms with van der Waals surface area (Å²) in [6, 6.07) is 15.9. The summed E-state index contributed by atoms with van der Waals surface area (Å²) in [5.74, 6) is -1.06. The molecule has 3 rings (SSSR count). The highest BCUT2D eigenvalue weighted by Gasteiger charge is 2.12. The SMILES string of the molecule is Cc1c(F)cccc1-c1cccc2ccc(C(=O)N=C(N)N)cc12. The maximum absolute atomic E-state index is 13.9. The third-order valence-corrected chi connectivity index (χ3v) is 3.92. The molecule has 24 heavy (non-hydrogen) atoms. The highest BCUT2D eigenvalue weighted by molar-refractivity contribution is 6.06. The molecule has 0 saturated carbocycles. The number of carbonyl (C=O) groups excluding carboxylic acids is 1. The van der Waals surface area contributed by atoms with Gasteiger partial charge in [0.1, 0.15) is 5.82 Å². The van der Waals surface area contributed by atoms with E-state index >= 15 is 0 Å². The number of hydrogen-bond donors (Lipinski definition) is 2. The molecule has 4 N–H and O–H groups in total. The fourth-order valence-corrected chi connectivity index (χ4v) is 2.72. The number of carbonyl (C=O) groups is 1. The molecule has 0 unspecified atom stereocenters. The van der Waals surface area contributed by atoms with E-state index in [2.05, 4.69) is 4.99 Å². The molecule has 3 aromatic rings. The molecule has 0 aliphatic heterocycles. The number of hydrogen-bond acceptors (Lipinski definition) is 1. The van der Waals surface area contributed by atoms with Crippen molar-refractivity contribution >= 4 is 22.6 Å². The molecule has 120 valence electrons. The largest absolute Gasteiger partial charge is 0.370 e. The standard InChI is InChI=1S/C19H16FN3O/c1-11-14(5-3-7-17(11)20)15-6-2-4-12-8-9-13(10-16(12)15)18(24)23-19(21)22/h2-10H,1H3,(H4,21,22,23,24). The normalized spacial score (nSPS) is 10.6. The molecule has 0 saturated heterocycles. The highest BCUT2D eigenvalue weighted by atomic mass is 19.1. The second kappa shape index (κ2) is 6.12. The van der Waals surface area contributed by atoms with Gasteiger partial charge in [-0.15, -0.1) is 0 Å². The summed E-state index contributed by atoms with van der Waals surface area (Å²) < 4.78 is 13.9. The lowest BCUT2D eigenvalue weighted by Crippen LogP contribution is -2.24. The molecule has 1 amide bonds. The minimum absolute atomic E-state index is 0.266. The molecule has 0 atom stereocenters. The second-order valence-corrected chi connectivity index (χ2v) is 5.50. The number of rotatable bonds is 2. The second-order valence-electron chi connectivity index (χ2n) is 5.50. The smallest absolute Gasteiger partial charge is 0.280 e. The first kappa shape index (κ1) is 15.7. The van der Waals surface area contributed by atoms with Crippen molar-refractivity contribution in [3.05, 3.63) is 71.5 Å². The van der Waals surface area contributed by atoms with Gasteiger partial charge in [-0.05, 0) is 52.6 Å². The van der Waals surface area contributed by atoms with E-state index in [1.54, 1.807) is 25.1 Å². The van der Waals surface area contributed by atoms with Crippen LogP contribution in [0.15, 0.2) is 59.6 Å². The monoisotopic (exact) mass is 321 g/mol. The van der Waals surface area contributed by atoms with E-state index in [9.17, 15) is 9.18 Å². The third kappa shape index (κ3) is 2.84. The van der Waals surface area contributed by atoms with Gasteiger partial charge in [-0.25, -0.2) is 4.39 Å². The zero-order valence-electron chi connectivity index (χ0n) is 13.1. The van der Waals surface area contributed by atoms with E-state index in [1.807, 2.05) is 30.3 Å². The lowest BCUT2D eigenvalue weighted by atomic mass is 9.94. The first-order chi connectivity index (χ1) is 11.5. The molecule has 0 aliphatic carbocycles. The third-order valence-electron chi connectivity index (χ3n) is 3.92. The van der Waals surface area contributed by atoms with Crippen molar-refractivity contribution < 1.29 is 9.18 Å². The summed E-state index contributed by atoms with van der Waals surface area (Å²) >= 11 is 0. The average molecular weight is 321 g/mol. The van der Waals surface area contributed by atoms with Crippen LogP contribution in [0.3, 0.4) is 0 Å². The Morgan fingerprint density at radius 1 is 1.00 bits per heavy atom. The summed E-state index contributed by atoms with van der Waals surface area (Å²) in [5, 5.41) is 1.78. The van der Waals surface area contributed by atoms with Crippen molar-refractivity contribution in [2.75, 3.05) is 0 Å². The van der Waals surface area contributed by atoms with Crippen LogP contribution in [0.4, 0.5) is 4.39 Å². The highest BCUT2D eigenvalue weighted by Crippen LogP contribution is 2.32. The fraction of sp³-hybridized carbons (Fsp3) is 0.0526. The van der Waals surface area contributed by atoms with Gasteiger partial charge in [0, 0.05) is 5.56 Å². The Labute approximate surface area is 138 Å². The molecule has 0 heterocycles. The minimum atomic E-state index is -0.511. The molecule has 0 aromatic heterocycles. The van der Waals surface area contributed by atoms with Crippen LogP contribution in [0, 0.1) is 12.7 Å². The Morgan fingerprint density at radius 3 is 2.46 bits per heavy atom. The summed E-state index contributed by atoms with van der Waals surface area (Å²) in [4.78, 5) is 15.6. The quantitative estimate of drug-likeness (QED) is 0.561. The van der Waals surface area contributed by atoms with Gasteiger partial charge < -0.3 is 11.5 Å². The van der Waals surface area contributed by atoms with Crippen LogP contribution >= 0.6 is 0 Å². The van der Waals surface area contributed by atoms with E-state index in [1.165, 1.54) is 6.07 Å². The number of nitrogens with zero attached hydrogens (tertiary/aromatic N) is 1. The van der Waals surface area contributed by atoms with E-state index in [4.69, 9.17) is 11.5 Å². The number of aliphatic imine (C=N–C) groups is 1. The number of amides is 1. The molecule has 0 radical (unpaired) electrons. The molecule has 3 aromatic carbocycles. The van der Waals surface area contributed by atoms with E-state index in [0.29, 0.717) is 11.1 Å². The summed E-state index contributed by atoms with van der Waals surface area (Å²) in [5.41, 5.74) is 13.1. The first-order valence-corrected chi connectivity index (χ1v) is 7.39. The average Bonchev–Trinajstić information content (AvgIpc) is 2.56. The van der Waals surface area contributed by atoms with Crippen LogP contribution in [-0.4, -0.2) is 11.9 Å². The molecule has 4 nitrogen and oxygen atoms in total. The van der Waals surface area contributed by atoms with Gasteiger partial charge in [0.15, 0.2) is 5.96 Å². The maximum atomic E-state index is 13.9. The number of guanidine groups is 1. The van der Waals surface area contributed by atoms with Crippen LogP contribution < -0.4 is 11.5 Å². The minimum Gasteiger partial charge on any atom is -0.370 e. The van der Waals surface area contributed by atoms with E-state index in [-0.39, 0.29) is 11.8 Å². The van der Waals surface area contributed by atoms with Gasteiger partial charge in [0.2, 0.25) is 0 Å². The molecular formula is C19H16FN3O. The van der Waals surface area contributed by atoms with Crippen LogP contribution in [-0.2, 0) is 0 Å². The van der Waals surface area contributed by atoms with Crippen LogP contribution in [0.25, 0.3) is 21.9 Å². The van der Waals surface area contributed by atoms with Crippen LogP contribution in [0.5, 0.6) is 0 Å². The van der Waals surface area contributed by atoms with Gasteiger partial charge >= 0.3 is 0 Å².